The van der Waals surface area contributed by atoms with E-state index in [-0.39, 0.29) is 17.1 Å². The van der Waals surface area contributed by atoms with Gasteiger partial charge in [-0.1, -0.05) is 48.8 Å². The molecule has 1 aromatic heterocycles. The molecule has 0 amide bonds. The second-order valence-electron chi connectivity index (χ2n) is 7.13. The van der Waals surface area contributed by atoms with E-state index in [0.717, 1.165) is 35.1 Å². The van der Waals surface area contributed by atoms with Gasteiger partial charge in [0.05, 0.1) is 6.54 Å². The van der Waals surface area contributed by atoms with Crippen LogP contribution in [-0.2, 0) is 13.0 Å². The molecule has 0 aliphatic carbocycles. The summed E-state index contributed by atoms with van der Waals surface area (Å²) in [6.45, 7) is 7.12. The molecule has 1 aliphatic rings. The van der Waals surface area contributed by atoms with E-state index >= 15 is 0 Å². The summed E-state index contributed by atoms with van der Waals surface area (Å²) in [7, 11) is 0. The fourth-order valence-electron chi connectivity index (χ4n) is 3.26. The van der Waals surface area contributed by atoms with Gasteiger partial charge >= 0.3 is 5.69 Å². The molecule has 0 N–H and O–H groups in total. The molecule has 0 saturated carbocycles. The molecular formula is C17H22BrN3O. The maximum absolute atomic E-state index is 12.8. The zero-order valence-corrected chi connectivity index (χ0v) is 14.9. The van der Waals surface area contributed by atoms with Crippen molar-refractivity contribution < 1.29 is 0 Å². The van der Waals surface area contributed by atoms with E-state index in [1.165, 1.54) is 0 Å². The summed E-state index contributed by atoms with van der Waals surface area (Å²) in [5, 5.41) is 4.59. The van der Waals surface area contributed by atoms with Gasteiger partial charge in [-0.25, -0.2) is 9.48 Å². The van der Waals surface area contributed by atoms with Crippen molar-refractivity contribution >= 4 is 15.9 Å². The van der Waals surface area contributed by atoms with E-state index in [0.29, 0.717) is 6.54 Å². The Morgan fingerprint density at radius 1 is 1.36 bits per heavy atom. The number of nitrogens with zero attached hydrogens (tertiary/aromatic N) is 3. The minimum Gasteiger partial charge on any atom is -0.275 e. The number of hydrogen-bond donors (Lipinski definition) is 0. The summed E-state index contributed by atoms with van der Waals surface area (Å²) in [6, 6.07) is 8.27. The van der Waals surface area contributed by atoms with Crippen LogP contribution in [0.4, 0.5) is 0 Å². The minimum atomic E-state index is 0.0228. The molecule has 5 heteroatoms. The molecule has 0 fully saturated rings. The molecule has 2 heterocycles. The van der Waals surface area contributed by atoms with Gasteiger partial charge in [0.15, 0.2) is 0 Å². The first kappa shape index (κ1) is 15.5. The van der Waals surface area contributed by atoms with Crippen molar-refractivity contribution in [3.63, 3.8) is 0 Å². The summed E-state index contributed by atoms with van der Waals surface area (Å²) in [4.78, 5) is 12.8. The smallest absolute Gasteiger partial charge is 0.275 e. The van der Waals surface area contributed by atoms with Gasteiger partial charge in [-0.2, -0.15) is 5.10 Å². The fraction of sp³-hybridized carbons (Fsp3) is 0.529. The van der Waals surface area contributed by atoms with Crippen LogP contribution < -0.4 is 5.69 Å². The minimum absolute atomic E-state index is 0.0228. The van der Waals surface area contributed by atoms with Crippen molar-refractivity contribution in [2.24, 2.45) is 5.41 Å². The summed E-state index contributed by atoms with van der Waals surface area (Å²) in [5.41, 5.74) is 1.18. The second-order valence-corrected chi connectivity index (χ2v) is 8.05. The predicted molar refractivity (Wildman–Crippen MR) is 91.2 cm³/mol. The van der Waals surface area contributed by atoms with Gasteiger partial charge in [-0.3, -0.25) is 4.57 Å². The normalized spacial score (nSPS) is 18.3. The van der Waals surface area contributed by atoms with Gasteiger partial charge in [0.1, 0.15) is 5.82 Å². The second kappa shape index (κ2) is 5.69. The predicted octanol–water partition coefficient (Wildman–Crippen LogP) is 3.78. The van der Waals surface area contributed by atoms with Gasteiger partial charge in [0.25, 0.3) is 0 Å². The van der Waals surface area contributed by atoms with Crippen LogP contribution in [-0.4, -0.2) is 14.3 Å². The lowest BCUT2D eigenvalue weighted by molar-refractivity contribution is 0.199. The molecule has 118 valence electrons. The zero-order valence-electron chi connectivity index (χ0n) is 13.3. The van der Waals surface area contributed by atoms with E-state index in [9.17, 15) is 4.79 Å². The fourth-order valence-corrected chi connectivity index (χ4v) is 3.71. The Kier molecular flexibility index (Phi) is 4.02. The SMILES string of the molecule is CC(C)(C)[C@@H]1CCCc2nn(Cc3cccc(Br)c3)c(=O)n21. The van der Waals surface area contributed by atoms with Gasteiger partial charge in [-0.05, 0) is 36.0 Å². The third-order valence-corrected chi connectivity index (χ3v) is 4.85. The average molecular weight is 364 g/mol. The lowest BCUT2D eigenvalue weighted by Gasteiger charge is -2.34. The topological polar surface area (TPSA) is 39.8 Å². The Labute approximate surface area is 139 Å². The first-order valence-electron chi connectivity index (χ1n) is 7.79. The van der Waals surface area contributed by atoms with E-state index in [4.69, 9.17) is 0 Å². The first-order chi connectivity index (χ1) is 10.4. The van der Waals surface area contributed by atoms with E-state index in [1.54, 1.807) is 4.68 Å². The quantitative estimate of drug-likeness (QED) is 0.814. The summed E-state index contributed by atoms with van der Waals surface area (Å²) in [6.07, 6.45) is 3.06. The molecule has 3 rings (SSSR count). The van der Waals surface area contributed by atoms with Crippen LogP contribution >= 0.6 is 15.9 Å². The number of halogens is 1. The average Bonchev–Trinajstić information content (AvgIpc) is 2.75. The Balaban J connectivity index is 1.99. The largest absolute Gasteiger partial charge is 0.346 e. The summed E-state index contributed by atoms with van der Waals surface area (Å²) >= 11 is 3.47. The molecule has 1 aliphatic heterocycles. The van der Waals surface area contributed by atoms with Crippen LogP contribution in [0.2, 0.25) is 0 Å². The summed E-state index contributed by atoms with van der Waals surface area (Å²) in [5.74, 6) is 0.936. The van der Waals surface area contributed by atoms with Crippen LogP contribution in [0.5, 0.6) is 0 Å². The zero-order chi connectivity index (χ0) is 15.9. The van der Waals surface area contributed by atoms with Crippen LogP contribution in [0.25, 0.3) is 0 Å². The van der Waals surface area contributed by atoms with Gasteiger partial charge in [0, 0.05) is 16.9 Å². The van der Waals surface area contributed by atoms with Crippen molar-refractivity contribution in [2.75, 3.05) is 0 Å². The highest BCUT2D eigenvalue weighted by atomic mass is 79.9. The Morgan fingerprint density at radius 2 is 2.14 bits per heavy atom. The van der Waals surface area contributed by atoms with Crippen molar-refractivity contribution in [2.45, 2.75) is 52.6 Å². The standard InChI is InChI=1S/C17H22BrN3O/c1-17(2,3)14-8-5-9-15-19-20(16(22)21(14)15)11-12-6-4-7-13(18)10-12/h4,6-7,10,14H,5,8-9,11H2,1-3H3/t14-/m0/s1. The van der Waals surface area contributed by atoms with Crippen molar-refractivity contribution in [1.82, 2.24) is 14.3 Å². The molecule has 1 aromatic carbocycles. The molecule has 0 radical (unpaired) electrons. The van der Waals surface area contributed by atoms with Gasteiger partial charge in [0.2, 0.25) is 0 Å². The highest BCUT2D eigenvalue weighted by Gasteiger charge is 2.33. The monoisotopic (exact) mass is 363 g/mol. The van der Waals surface area contributed by atoms with Crippen LogP contribution in [0.3, 0.4) is 0 Å². The molecule has 0 spiro atoms. The number of benzene rings is 1. The van der Waals surface area contributed by atoms with Crippen LogP contribution in [0, 0.1) is 5.41 Å². The highest BCUT2D eigenvalue weighted by Crippen LogP contribution is 2.36. The molecular weight excluding hydrogens is 342 g/mol. The Morgan fingerprint density at radius 3 is 2.82 bits per heavy atom. The Bertz CT molecular complexity index is 739. The third kappa shape index (κ3) is 2.91. The molecule has 0 unspecified atom stereocenters. The van der Waals surface area contributed by atoms with Crippen molar-refractivity contribution in [1.29, 1.82) is 0 Å². The molecule has 0 bridgehead atoms. The van der Waals surface area contributed by atoms with Crippen LogP contribution in [0.1, 0.15) is 51.0 Å². The number of hydrogen-bond acceptors (Lipinski definition) is 2. The van der Waals surface area contributed by atoms with E-state index in [1.807, 2.05) is 28.8 Å². The molecule has 0 saturated heterocycles. The van der Waals surface area contributed by atoms with Crippen LogP contribution in [0.15, 0.2) is 33.5 Å². The highest BCUT2D eigenvalue weighted by molar-refractivity contribution is 9.10. The maximum atomic E-state index is 12.8. The van der Waals surface area contributed by atoms with Gasteiger partial charge < -0.3 is 0 Å². The molecule has 1 atom stereocenters. The Hall–Kier alpha value is -1.36. The third-order valence-electron chi connectivity index (χ3n) is 4.35. The lowest BCUT2D eigenvalue weighted by atomic mass is 9.82. The first-order valence-corrected chi connectivity index (χ1v) is 8.58. The maximum Gasteiger partial charge on any atom is 0.346 e. The molecule has 2 aromatic rings. The molecule has 22 heavy (non-hydrogen) atoms. The number of fused-ring (bicyclic) bond motifs is 1. The van der Waals surface area contributed by atoms with Crippen molar-refractivity contribution in [3.05, 3.63) is 50.6 Å². The number of rotatable bonds is 2. The van der Waals surface area contributed by atoms with E-state index < -0.39 is 0 Å². The van der Waals surface area contributed by atoms with Gasteiger partial charge in [-0.15, -0.1) is 0 Å². The summed E-state index contributed by atoms with van der Waals surface area (Å²) < 4.78 is 4.57. The molecule has 4 nitrogen and oxygen atoms in total. The number of aryl methyl sites for hydroxylation is 1. The van der Waals surface area contributed by atoms with Crippen molar-refractivity contribution in [3.8, 4) is 0 Å². The lowest BCUT2D eigenvalue weighted by Crippen LogP contribution is -2.36. The number of aromatic nitrogens is 3. The van der Waals surface area contributed by atoms with E-state index in [2.05, 4.69) is 41.8 Å².